The second-order valence-electron chi connectivity index (χ2n) is 9.81. The van der Waals surface area contributed by atoms with Crippen molar-refractivity contribution in [2.45, 2.75) is 84.0 Å². The Labute approximate surface area is 147 Å². The van der Waals surface area contributed by atoms with Gasteiger partial charge in [-0.3, -0.25) is 0 Å². The first kappa shape index (κ1) is 17.3. The fourth-order valence-corrected chi connectivity index (χ4v) is 5.34. The molecule has 5 fully saturated rings. The molecule has 5 aliphatic rings. The van der Waals surface area contributed by atoms with Gasteiger partial charge in [-0.15, -0.1) is 0 Å². The molecule has 3 heterocycles. The lowest BCUT2D eigenvalue weighted by molar-refractivity contribution is -0.470. The van der Waals surface area contributed by atoms with Gasteiger partial charge < -0.3 is 14.2 Å². The van der Waals surface area contributed by atoms with Gasteiger partial charge in [-0.05, 0) is 42.9 Å². The van der Waals surface area contributed by atoms with Crippen molar-refractivity contribution in [3.8, 4) is 0 Å². The molecule has 0 aromatic carbocycles. The molecule has 2 aliphatic carbocycles. The Morgan fingerprint density at radius 2 is 1.17 bits per heavy atom. The fraction of sp³-hybridized carbons (Fsp3) is 1.00. The Balaban J connectivity index is 1.21. The van der Waals surface area contributed by atoms with E-state index in [4.69, 9.17) is 14.2 Å². The summed E-state index contributed by atoms with van der Waals surface area (Å²) in [7, 11) is 0. The van der Waals surface area contributed by atoms with E-state index in [1.807, 2.05) is 0 Å². The normalized spacial score (nSPS) is 49.2. The number of ether oxygens (including phenoxy) is 3. The van der Waals surface area contributed by atoms with Gasteiger partial charge in [-0.25, -0.2) is 0 Å². The lowest BCUT2D eigenvalue weighted by Crippen LogP contribution is -2.59. The van der Waals surface area contributed by atoms with Crippen LogP contribution in [0.5, 0.6) is 0 Å². The average Bonchev–Trinajstić information content (AvgIpc) is 2.60. The SMILES string of the molecule is CC1CCC(CC2CCC(CC34OCC(C)(CO3)CO4)CC2)CC1. The zero-order chi connectivity index (χ0) is 16.6. The van der Waals surface area contributed by atoms with Crippen LogP contribution in [0, 0.1) is 29.1 Å². The van der Waals surface area contributed by atoms with Gasteiger partial charge in [-0.1, -0.05) is 52.4 Å². The van der Waals surface area contributed by atoms with Crippen LogP contribution in [0.2, 0.25) is 0 Å². The minimum absolute atomic E-state index is 0.0803. The van der Waals surface area contributed by atoms with Crippen LogP contribution in [0.1, 0.15) is 78.1 Å². The minimum atomic E-state index is -0.700. The second kappa shape index (κ2) is 6.89. The molecule has 3 nitrogen and oxygen atoms in total. The van der Waals surface area contributed by atoms with Crippen molar-refractivity contribution in [1.82, 2.24) is 0 Å². The number of fused-ring (bicyclic) bond motifs is 3. The van der Waals surface area contributed by atoms with E-state index >= 15 is 0 Å². The molecule has 0 aromatic heterocycles. The van der Waals surface area contributed by atoms with E-state index in [-0.39, 0.29) is 5.41 Å². The predicted octanol–water partition coefficient (Wildman–Crippen LogP) is 5.14. The largest absolute Gasteiger partial charge is 0.327 e. The Hall–Kier alpha value is -0.120. The molecule has 0 N–H and O–H groups in total. The van der Waals surface area contributed by atoms with E-state index in [0.29, 0.717) is 0 Å². The maximum absolute atomic E-state index is 5.98. The summed E-state index contributed by atoms with van der Waals surface area (Å²) in [4.78, 5) is 0. The van der Waals surface area contributed by atoms with E-state index in [9.17, 15) is 0 Å². The van der Waals surface area contributed by atoms with E-state index in [1.165, 1.54) is 57.8 Å². The summed E-state index contributed by atoms with van der Waals surface area (Å²) in [6, 6.07) is 0. The van der Waals surface area contributed by atoms with Gasteiger partial charge in [0.25, 0.3) is 5.97 Å². The Kier molecular flexibility index (Phi) is 4.96. The third kappa shape index (κ3) is 3.83. The van der Waals surface area contributed by atoms with Crippen LogP contribution < -0.4 is 0 Å². The molecule has 2 saturated carbocycles. The standard InChI is InChI=1S/C21H36O3/c1-16-3-5-17(6-4-16)11-18-7-9-19(10-8-18)12-21-22-13-20(2,14-23-21)15-24-21/h16-19H,3-15H2,1-2H3. The first-order valence-electron chi connectivity index (χ1n) is 10.5. The lowest BCUT2D eigenvalue weighted by Gasteiger charge is -2.51. The quantitative estimate of drug-likeness (QED) is 0.712. The van der Waals surface area contributed by atoms with Crippen molar-refractivity contribution >= 4 is 0 Å². The van der Waals surface area contributed by atoms with E-state index in [0.717, 1.165) is 49.9 Å². The van der Waals surface area contributed by atoms with Crippen molar-refractivity contribution in [2.24, 2.45) is 29.1 Å². The number of rotatable bonds is 4. The molecule has 0 atom stereocenters. The molecular weight excluding hydrogens is 300 g/mol. The third-order valence-corrected chi connectivity index (χ3v) is 7.23. The molecule has 0 spiro atoms. The highest BCUT2D eigenvalue weighted by molar-refractivity contribution is 4.87. The van der Waals surface area contributed by atoms with Gasteiger partial charge in [-0.2, -0.15) is 0 Å². The van der Waals surface area contributed by atoms with Crippen molar-refractivity contribution < 1.29 is 14.2 Å². The molecule has 0 unspecified atom stereocenters. The zero-order valence-electron chi connectivity index (χ0n) is 15.7. The Morgan fingerprint density at radius 1 is 0.708 bits per heavy atom. The van der Waals surface area contributed by atoms with Crippen LogP contribution in [0.4, 0.5) is 0 Å². The summed E-state index contributed by atoms with van der Waals surface area (Å²) >= 11 is 0. The molecule has 5 rings (SSSR count). The molecular formula is C21H36O3. The molecule has 3 heteroatoms. The van der Waals surface area contributed by atoms with Crippen molar-refractivity contribution in [2.75, 3.05) is 19.8 Å². The molecule has 2 bridgehead atoms. The molecule has 0 radical (unpaired) electrons. The van der Waals surface area contributed by atoms with E-state index in [2.05, 4.69) is 13.8 Å². The summed E-state index contributed by atoms with van der Waals surface area (Å²) in [5, 5.41) is 0. The number of hydrogen-bond donors (Lipinski definition) is 0. The van der Waals surface area contributed by atoms with Crippen LogP contribution >= 0.6 is 0 Å². The van der Waals surface area contributed by atoms with Crippen LogP contribution in [0.15, 0.2) is 0 Å². The summed E-state index contributed by atoms with van der Waals surface area (Å²) in [6.45, 7) is 6.99. The van der Waals surface area contributed by atoms with Gasteiger partial charge in [0.15, 0.2) is 0 Å². The predicted molar refractivity (Wildman–Crippen MR) is 94.5 cm³/mol. The Bertz CT molecular complexity index is 394. The van der Waals surface area contributed by atoms with Crippen LogP contribution in [-0.4, -0.2) is 25.8 Å². The molecule has 0 amide bonds. The van der Waals surface area contributed by atoms with Crippen LogP contribution in [-0.2, 0) is 14.2 Å². The monoisotopic (exact) mass is 336 g/mol. The average molecular weight is 337 g/mol. The fourth-order valence-electron chi connectivity index (χ4n) is 5.34. The molecule has 3 aliphatic heterocycles. The summed E-state index contributed by atoms with van der Waals surface area (Å²) < 4.78 is 18.0. The van der Waals surface area contributed by atoms with Crippen molar-refractivity contribution in [1.29, 1.82) is 0 Å². The maximum Gasteiger partial charge on any atom is 0.283 e. The smallest absolute Gasteiger partial charge is 0.283 e. The van der Waals surface area contributed by atoms with E-state index in [1.54, 1.807) is 0 Å². The first-order valence-corrected chi connectivity index (χ1v) is 10.5. The summed E-state index contributed by atoms with van der Waals surface area (Å²) in [5.41, 5.74) is 0.0803. The van der Waals surface area contributed by atoms with Gasteiger partial charge in [0.05, 0.1) is 19.8 Å². The van der Waals surface area contributed by atoms with Gasteiger partial charge >= 0.3 is 0 Å². The second-order valence-corrected chi connectivity index (χ2v) is 9.81. The lowest BCUT2D eigenvalue weighted by atomic mass is 9.73. The highest BCUT2D eigenvalue weighted by Crippen LogP contribution is 2.45. The summed E-state index contributed by atoms with van der Waals surface area (Å²) in [5.74, 6) is 2.99. The maximum atomic E-state index is 5.98. The van der Waals surface area contributed by atoms with Gasteiger partial charge in [0.2, 0.25) is 0 Å². The first-order chi connectivity index (χ1) is 11.5. The molecule has 3 saturated heterocycles. The molecule has 0 aromatic rings. The zero-order valence-corrected chi connectivity index (χ0v) is 15.7. The van der Waals surface area contributed by atoms with Crippen molar-refractivity contribution in [3.05, 3.63) is 0 Å². The minimum Gasteiger partial charge on any atom is -0.327 e. The van der Waals surface area contributed by atoms with Gasteiger partial charge in [0.1, 0.15) is 0 Å². The molecule has 138 valence electrons. The number of hydrogen-bond acceptors (Lipinski definition) is 3. The third-order valence-electron chi connectivity index (χ3n) is 7.23. The Morgan fingerprint density at radius 3 is 1.71 bits per heavy atom. The highest BCUT2D eigenvalue weighted by atomic mass is 16.9. The summed E-state index contributed by atoms with van der Waals surface area (Å²) in [6.07, 6.45) is 13.8. The topological polar surface area (TPSA) is 27.7 Å². The van der Waals surface area contributed by atoms with E-state index < -0.39 is 5.97 Å². The van der Waals surface area contributed by atoms with Crippen molar-refractivity contribution in [3.63, 3.8) is 0 Å². The molecule has 24 heavy (non-hydrogen) atoms. The van der Waals surface area contributed by atoms with Crippen LogP contribution in [0.25, 0.3) is 0 Å². The van der Waals surface area contributed by atoms with Crippen LogP contribution in [0.3, 0.4) is 0 Å². The van der Waals surface area contributed by atoms with Gasteiger partial charge in [0, 0.05) is 11.8 Å². The highest BCUT2D eigenvalue weighted by Gasteiger charge is 2.51.